The Hall–Kier alpha value is -2.09. The summed E-state index contributed by atoms with van der Waals surface area (Å²) in [5, 5.41) is 0. The van der Waals surface area contributed by atoms with E-state index >= 15 is 0 Å². The Bertz CT molecular complexity index is 844. The third-order valence-corrected chi connectivity index (χ3v) is 7.32. The Kier molecular flexibility index (Phi) is 6.27. The lowest BCUT2D eigenvalue weighted by molar-refractivity contribution is -0.149. The quantitative estimate of drug-likeness (QED) is 0.714. The van der Waals surface area contributed by atoms with Gasteiger partial charge in [-0.2, -0.15) is 0 Å². The number of carbonyl (C=O) groups is 2. The van der Waals surface area contributed by atoms with Crippen LogP contribution in [0.5, 0.6) is 0 Å². The van der Waals surface area contributed by atoms with Gasteiger partial charge >= 0.3 is 5.97 Å². The number of hydrogen-bond acceptors (Lipinski definition) is 5. The van der Waals surface area contributed by atoms with Crippen molar-refractivity contribution in [3.63, 3.8) is 0 Å². The second kappa shape index (κ2) is 8.51. The Labute approximate surface area is 166 Å². The molecule has 0 spiro atoms. The van der Waals surface area contributed by atoms with Crippen LogP contribution in [0.2, 0.25) is 0 Å². The van der Waals surface area contributed by atoms with Gasteiger partial charge in [0.05, 0.1) is 24.0 Å². The first kappa shape index (κ1) is 20.6. The maximum atomic E-state index is 12.8. The molecule has 2 aliphatic heterocycles. The predicted molar refractivity (Wildman–Crippen MR) is 107 cm³/mol. The van der Waals surface area contributed by atoms with Gasteiger partial charge in [-0.3, -0.25) is 13.9 Å². The minimum atomic E-state index is -3.28. The smallest absolute Gasteiger partial charge is 0.309 e. The van der Waals surface area contributed by atoms with Gasteiger partial charge in [0.25, 0.3) is 5.91 Å². The summed E-state index contributed by atoms with van der Waals surface area (Å²) in [7, 11) is -3.28. The number of aryl methyl sites for hydroxylation is 1. The Morgan fingerprint density at radius 2 is 1.86 bits per heavy atom. The van der Waals surface area contributed by atoms with Crippen LogP contribution in [0.4, 0.5) is 5.69 Å². The van der Waals surface area contributed by atoms with E-state index in [9.17, 15) is 18.0 Å². The van der Waals surface area contributed by atoms with Gasteiger partial charge < -0.3 is 9.64 Å². The van der Waals surface area contributed by atoms with Crippen LogP contribution in [0.3, 0.4) is 0 Å². The Balaban J connectivity index is 1.69. The summed E-state index contributed by atoms with van der Waals surface area (Å²) in [6.07, 6.45) is 2.74. The Morgan fingerprint density at radius 1 is 1.14 bits per heavy atom. The van der Waals surface area contributed by atoms with E-state index in [1.807, 2.05) is 6.92 Å². The van der Waals surface area contributed by atoms with E-state index in [4.69, 9.17) is 4.74 Å². The zero-order chi connectivity index (χ0) is 20.3. The lowest BCUT2D eigenvalue weighted by atomic mass is 9.96. The van der Waals surface area contributed by atoms with Crippen LogP contribution in [-0.4, -0.2) is 57.2 Å². The average molecular weight is 409 g/mol. The van der Waals surface area contributed by atoms with Crippen molar-refractivity contribution in [2.24, 2.45) is 5.92 Å². The van der Waals surface area contributed by atoms with Gasteiger partial charge in [0.1, 0.15) is 0 Å². The van der Waals surface area contributed by atoms with Crippen LogP contribution in [-0.2, 0) is 19.6 Å². The summed E-state index contributed by atoms with van der Waals surface area (Å²) in [5.41, 5.74) is 1.97. The topological polar surface area (TPSA) is 84.0 Å². The van der Waals surface area contributed by atoms with Crippen molar-refractivity contribution in [2.75, 3.05) is 36.3 Å². The van der Waals surface area contributed by atoms with Gasteiger partial charge in [-0.05, 0) is 63.3 Å². The van der Waals surface area contributed by atoms with Crippen molar-refractivity contribution < 1.29 is 22.7 Å². The average Bonchev–Trinajstić information content (AvgIpc) is 2.68. The first-order chi connectivity index (χ1) is 13.3. The molecule has 7 nitrogen and oxygen atoms in total. The largest absolute Gasteiger partial charge is 0.466 e. The van der Waals surface area contributed by atoms with Gasteiger partial charge in [0.2, 0.25) is 10.0 Å². The summed E-state index contributed by atoms with van der Waals surface area (Å²) in [4.78, 5) is 26.4. The molecule has 154 valence electrons. The van der Waals surface area contributed by atoms with Crippen LogP contribution in [0, 0.1) is 12.8 Å². The fourth-order valence-corrected chi connectivity index (χ4v) is 5.59. The molecule has 2 fully saturated rings. The van der Waals surface area contributed by atoms with Crippen molar-refractivity contribution in [1.82, 2.24) is 4.90 Å². The molecular weight excluding hydrogens is 380 g/mol. The minimum absolute atomic E-state index is 0.0848. The number of benzene rings is 1. The van der Waals surface area contributed by atoms with Crippen LogP contribution < -0.4 is 4.31 Å². The number of nitrogens with zero attached hydrogens (tertiary/aromatic N) is 2. The molecule has 1 amide bonds. The molecule has 1 aromatic carbocycles. The van der Waals surface area contributed by atoms with E-state index in [-0.39, 0.29) is 23.5 Å². The van der Waals surface area contributed by atoms with Crippen molar-refractivity contribution in [1.29, 1.82) is 0 Å². The van der Waals surface area contributed by atoms with Crippen LogP contribution in [0.15, 0.2) is 18.2 Å². The lowest BCUT2D eigenvalue weighted by Crippen LogP contribution is -2.41. The van der Waals surface area contributed by atoms with Crippen LogP contribution >= 0.6 is 0 Å². The molecule has 0 unspecified atom stereocenters. The molecule has 0 aromatic heterocycles. The molecule has 0 N–H and O–H groups in total. The highest BCUT2D eigenvalue weighted by atomic mass is 32.2. The number of amides is 1. The third-order valence-electron chi connectivity index (χ3n) is 5.46. The minimum Gasteiger partial charge on any atom is -0.466 e. The number of hydrogen-bond donors (Lipinski definition) is 0. The summed E-state index contributed by atoms with van der Waals surface area (Å²) in [5.74, 6) is -0.240. The molecule has 2 heterocycles. The molecule has 3 rings (SSSR count). The number of anilines is 1. The monoisotopic (exact) mass is 408 g/mol. The van der Waals surface area contributed by atoms with Gasteiger partial charge in [-0.15, -0.1) is 0 Å². The fraction of sp³-hybridized carbons (Fsp3) is 0.600. The summed E-state index contributed by atoms with van der Waals surface area (Å²) >= 11 is 0. The molecule has 2 aliphatic rings. The van der Waals surface area contributed by atoms with Crippen molar-refractivity contribution >= 4 is 27.6 Å². The standard InChI is InChI=1S/C20H28N2O5S/c1-3-27-20(24)16-8-11-21(12-9-16)19(23)17-6-7-18(15(2)14-17)22-10-4-5-13-28(22,25)26/h6-7,14,16H,3-5,8-13H2,1-2H3. The molecule has 2 saturated heterocycles. The molecule has 0 radical (unpaired) electrons. The maximum Gasteiger partial charge on any atom is 0.309 e. The Morgan fingerprint density at radius 3 is 2.46 bits per heavy atom. The number of sulfonamides is 1. The highest BCUT2D eigenvalue weighted by molar-refractivity contribution is 7.92. The van der Waals surface area contributed by atoms with E-state index < -0.39 is 10.0 Å². The summed E-state index contributed by atoms with van der Waals surface area (Å²) < 4.78 is 31.2. The molecule has 8 heteroatoms. The van der Waals surface area contributed by atoms with Crippen molar-refractivity contribution in [3.05, 3.63) is 29.3 Å². The number of carbonyl (C=O) groups excluding carboxylic acids is 2. The second-order valence-corrected chi connectivity index (χ2v) is 9.43. The molecule has 28 heavy (non-hydrogen) atoms. The van der Waals surface area contributed by atoms with Crippen LogP contribution in [0.25, 0.3) is 0 Å². The number of esters is 1. The molecule has 0 aliphatic carbocycles. The third kappa shape index (κ3) is 4.32. The summed E-state index contributed by atoms with van der Waals surface area (Å²) in [6.45, 7) is 5.52. The fourth-order valence-electron chi connectivity index (χ4n) is 3.89. The molecule has 0 bridgehead atoms. The van der Waals surface area contributed by atoms with Gasteiger partial charge in [0, 0.05) is 25.2 Å². The number of likely N-dealkylation sites (tertiary alicyclic amines) is 1. The number of ether oxygens (including phenoxy) is 1. The van der Waals surface area contributed by atoms with E-state index in [0.717, 1.165) is 12.0 Å². The predicted octanol–water partition coefficient (Wildman–Crippen LogP) is 2.34. The highest BCUT2D eigenvalue weighted by Crippen LogP contribution is 2.28. The first-order valence-electron chi connectivity index (χ1n) is 9.90. The molecule has 0 saturated carbocycles. The highest BCUT2D eigenvalue weighted by Gasteiger charge is 2.30. The van der Waals surface area contributed by atoms with Gasteiger partial charge in [-0.25, -0.2) is 8.42 Å². The van der Waals surface area contributed by atoms with Gasteiger partial charge in [0.15, 0.2) is 0 Å². The van der Waals surface area contributed by atoms with Crippen molar-refractivity contribution in [3.8, 4) is 0 Å². The number of rotatable bonds is 4. The van der Waals surface area contributed by atoms with E-state index in [0.29, 0.717) is 56.8 Å². The van der Waals surface area contributed by atoms with Gasteiger partial charge in [-0.1, -0.05) is 0 Å². The summed E-state index contributed by atoms with van der Waals surface area (Å²) in [6, 6.07) is 5.20. The van der Waals surface area contributed by atoms with E-state index in [1.54, 1.807) is 30.0 Å². The second-order valence-electron chi connectivity index (χ2n) is 7.42. The zero-order valence-corrected chi connectivity index (χ0v) is 17.3. The number of piperidine rings is 1. The van der Waals surface area contributed by atoms with Crippen LogP contribution in [0.1, 0.15) is 48.5 Å². The SMILES string of the molecule is CCOC(=O)C1CCN(C(=O)c2ccc(N3CCCCS3(=O)=O)c(C)c2)CC1. The van der Waals surface area contributed by atoms with Crippen molar-refractivity contribution in [2.45, 2.75) is 39.5 Å². The molecular formula is C20H28N2O5S. The lowest BCUT2D eigenvalue weighted by Gasteiger charge is -2.32. The molecule has 1 aromatic rings. The maximum absolute atomic E-state index is 12.8. The normalized spacial score (nSPS) is 20.1. The van der Waals surface area contributed by atoms with E-state index in [1.165, 1.54) is 4.31 Å². The zero-order valence-electron chi connectivity index (χ0n) is 16.5. The first-order valence-corrected chi connectivity index (χ1v) is 11.5. The van der Waals surface area contributed by atoms with E-state index in [2.05, 4.69) is 0 Å². The molecule has 0 atom stereocenters.